The third kappa shape index (κ3) is 2.57. The molecule has 2 rings (SSSR count). The van der Waals surface area contributed by atoms with Crippen LogP contribution in [0.4, 0.5) is 5.69 Å². The Bertz CT molecular complexity index is 608. The molecular formula is C11H11N5S. The molecule has 6 heteroatoms. The molecule has 2 N–H and O–H groups in total. The molecule has 0 aliphatic carbocycles. The molecule has 2 aromatic rings. The van der Waals surface area contributed by atoms with Crippen molar-refractivity contribution in [2.45, 2.75) is 6.92 Å². The summed E-state index contributed by atoms with van der Waals surface area (Å²) in [5, 5.41) is 11.6. The summed E-state index contributed by atoms with van der Waals surface area (Å²) < 4.78 is 0. The van der Waals surface area contributed by atoms with E-state index in [1.54, 1.807) is 0 Å². The van der Waals surface area contributed by atoms with Gasteiger partial charge in [0.1, 0.15) is 5.82 Å². The molecule has 0 atom stereocenters. The molecule has 5 nitrogen and oxygen atoms in total. The van der Waals surface area contributed by atoms with Crippen molar-refractivity contribution < 1.29 is 0 Å². The number of amidine groups is 1. The summed E-state index contributed by atoms with van der Waals surface area (Å²) in [7, 11) is 0. The number of hydrogen-bond acceptors (Lipinski definition) is 4. The lowest BCUT2D eigenvalue weighted by atomic mass is 10.3. The highest BCUT2D eigenvalue weighted by atomic mass is 32.2. The monoisotopic (exact) mass is 245 g/mol. The zero-order valence-corrected chi connectivity index (χ0v) is 10.3. The van der Waals surface area contributed by atoms with Crippen LogP contribution in [0.5, 0.6) is 0 Å². The molecule has 0 aliphatic heterocycles. The first kappa shape index (κ1) is 11.5. The fourth-order valence-electron chi connectivity index (χ4n) is 1.48. The largest absolute Gasteiger partial charge is 0.342 e. The number of H-pyrrole nitrogens is 1. The van der Waals surface area contributed by atoms with Crippen molar-refractivity contribution in [2.24, 2.45) is 4.99 Å². The van der Waals surface area contributed by atoms with Crippen LogP contribution in [-0.4, -0.2) is 21.4 Å². The normalized spacial score (nSPS) is 11.5. The van der Waals surface area contributed by atoms with Crippen LogP contribution < -0.4 is 5.32 Å². The van der Waals surface area contributed by atoms with E-state index < -0.39 is 0 Å². The molecular weight excluding hydrogens is 234 g/mol. The number of nitriles is 1. The molecule has 0 aliphatic rings. The highest BCUT2D eigenvalue weighted by molar-refractivity contribution is 8.13. The summed E-state index contributed by atoms with van der Waals surface area (Å²) in [6, 6.07) is 5.69. The smallest absolute Gasteiger partial charge is 0.183 e. The van der Waals surface area contributed by atoms with Crippen LogP contribution in [0.1, 0.15) is 5.82 Å². The lowest BCUT2D eigenvalue weighted by molar-refractivity contribution is 1.17. The summed E-state index contributed by atoms with van der Waals surface area (Å²) in [6.07, 6.45) is 3.72. The van der Waals surface area contributed by atoms with Crippen LogP contribution in [0, 0.1) is 18.4 Å². The fraction of sp³-hybridized carbons (Fsp3) is 0.182. The van der Waals surface area contributed by atoms with Gasteiger partial charge in [0.2, 0.25) is 0 Å². The number of rotatable bonds is 1. The van der Waals surface area contributed by atoms with Crippen molar-refractivity contribution in [1.82, 2.24) is 15.3 Å². The van der Waals surface area contributed by atoms with E-state index in [9.17, 15) is 0 Å². The first-order valence-corrected chi connectivity index (χ1v) is 6.19. The summed E-state index contributed by atoms with van der Waals surface area (Å²) in [4.78, 5) is 11.8. The Morgan fingerprint density at radius 3 is 3.12 bits per heavy atom. The SMILES string of the molecule is CSC(=Nc1ccc2nc(C)[nH]c2c1)NC#N. The number of nitrogens with zero attached hydrogens (tertiary/aromatic N) is 3. The second kappa shape index (κ2) is 4.89. The molecule has 17 heavy (non-hydrogen) atoms. The number of nitrogens with one attached hydrogen (secondary N) is 2. The van der Waals surface area contributed by atoms with Crippen molar-refractivity contribution >= 4 is 33.7 Å². The van der Waals surface area contributed by atoms with E-state index in [-0.39, 0.29) is 0 Å². The Balaban J connectivity index is 2.39. The van der Waals surface area contributed by atoms with Crippen LogP contribution in [0.15, 0.2) is 23.2 Å². The Morgan fingerprint density at radius 2 is 2.41 bits per heavy atom. The molecule has 1 heterocycles. The third-order valence-electron chi connectivity index (χ3n) is 2.17. The van der Waals surface area contributed by atoms with E-state index in [1.165, 1.54) is 11.8 Å². The Labute approximate surface area is 103 Å². The number of hydrogen-bond donors (Lipinski definition) is 2. The predicted molar refractivity (Wildman–Crippen MR) is 70.2 cm³/mol. The topological polar surface area (TPSA) is 76.9 Å². The van der Waals surface area contributed by atoms with Crippen LogP contribution in [0.25, 0.3) is 11.0 Å². The van der Waals surface area contributed by atoms with E-state index in [0.717, 1.165) is 22.5 Å². The van der Waals surface area contributed by atoms with Crippen LogP contribution >= 0.6 is 11.8 Å². The lowest BCUT2D eigenvalue weighted by Crippen LogP contribution is -2.12. The summed E-state index contributed by atoms with van der Waals surface area (Å²) >= 11 is 1.39. The molecule has 0 bridgehead atoms. The van der Waals surface area contributed by atoms with Crippen LogP contribution in [0.3, 0.4) is 0 Å². The molecule has 1 aromatic heterocycles. The molecule has 0 unspecified atom stereocenters. The average molecular weight is 245 g/mol. The molecule has 1 aromatic carbocycles. The number of aryl methyl sites for hydroxylation is 1. The minimum absolute atomic E-state index is 0.572. The molecule has 0 radical (unpaired) electrons. The van der Waals surface area contributed by atoms with E-state index in [2.05, 4.69) is 20.3 Å². The number of aromatic nitrogens is 2. The highest BCUT2D eigenvalue weighted by Gasteiger charge is 2.01. The minimum atomic E-state index is 0.572. The number of benzene rings is 1. The number of aromatic amines is 1. The molecule has 0 fully saturated rings. The molecule has 0 spiro atoms. The standard InChI is InChI=1S/C11H11N5S/c1-7-14-9-4-3-8(5-10(9)15-7)16-11(17-2)13-6-12/h3-5H,1-2H3,(H,13,16)(H,14,15). The van der Waals surface area contributed by atoms with Gasteiger partial charge in [0.25, 0.3) is 0 Å². The zero-order chi connectivity index (χ0) is 12.3. The third-order valence-corrected chi connectivity index (χ3v) is 2.75. The van der Waals surface area contributed by atoms with Gasteiger partial charge in [0.15, 0.2) is 11.4 Å². The predicted octanol–water partition coefficient (Wildman–Crippen LogP) is 2.29. The highest BCUT2D eigenvalue weighted by Crippen LogP contribution is 2.20. The summed E-state index contributed by atoms with van der Waals surface area (Å²) in [5.41, 5.74) is 2.65. The quantitative estimate of drug-likeness (QED) is 0.350. The maximum absolute atomic E-state index is 8.55. The van der Waals surface area contributed by atoms with Crippen molar-refractivity contribution in [3.05, 3.63) is 24.0 Å². The summed E-state index contributed by atoms with van der Waals surface area (Å²) in [6.45, 7) is 1.91. The Hall–Kier alpha value is -2.00. The van der Waals surface area contributed by atoms with Crippen LogP contribution in [0.2, 0.25) is 0 Å². The van der Waals surface area contributed by atoms with Gasteiger partial charge in [-0.25, -0.2) is 9.98 Å². The molecule has 0 saturated heterocycles. The van der Waals surface area contributed by atoms with Crippen molar-refractivity contribution in [3.8, 4) is 6.19 Å². The zero-order valence-electron chi connectivity index (χ0n) is 9.48. The van der Waals surface area contributed by atoms with Crippen molar-refractivity contribution in [2.75, 3.05) is 6.26 Å². The maximum atomic E-state index is 8.55. The Kier molecular flexibility index (Phi) is 3.30. The number of imidazole rings is 1. The van der Waals surface area contributed by atoms with Gasteiger partial charge in [-0.3, -0.25) is 5.32 Å². The van der Waals surface area contributed by atoms with E-state index in [1.807, 2.05) is 37.6 Å². The number of aliphatic imine (C=N–C) groups is 1. The molecule has 0 amide bonds. The molecule has 86 valence electrons. The van der Waals surface area contributed by atoms with Gasteiger partial charge in [-0.1, -0.05) is 11.8 Å². The van der Waals surface area contributed by atoms with E-state index in [4.69, 9.17) is 5.26 Å². The van der Waals surface area contributed by atoms with Crippen molar-refractivity contribution in [3.63, 3.8) is 0 Å². The van der Waals surface area contributed by atoms with E-state index >= 15 is 0 Å². The first-order chi connectivity index (χ1) is 8.22. The second-order valence-electron chi connectivity index (χ2n) is 3.38. The fourth-order valence-corrected chi connectivity index (χ4v) is 1.83. The van der Waals surface area contributed by atoms with Gasteiger partial charge >= 0.3 is 0 Å². The van der Waals surface area contributed by atoms with Gasteiger partial charge in [-0.05, 0) is 31.4 Å². The first-order valence-electron chi connectivity index (χ1n) is 4.97. The van der Waals surface area contributed by atoms with Gasteiger partial charge in [-0.15, -0.1) is 0 Å². The maximum Gasteiger partial charge on any atom is 0.183 e. The molecule has 0 saturated carbocycles. The second-order valence-corrected chi connectivity index (χ2v) is 4.18. The van der Waals surface area contributed by atoms with Crippen LogP contribution in [-0.2, 0) is 0 Å². The van der Waals surface area contributed by atoms with Crippen molar-refractivity contribution in [1.29, 1.82) is 5.26 Å². The summed E-state index contributed by atoms with van der Waals surface area (Å²) in [5.74, 6) is 0.876. The average Bonchev–Trinajstić information content (AvgIpc) is 2.68. The number of fused-ring (bicyclic) bond motifs is 1. The van der Waals surface area contributed by atoms with Gasteiger partial charge < -0.3 is 4.98 Å². The van der Waals surface area contributed by atoms with Gasteiger partial charge in [-0.2, -0.15) is 5.26 Å². The minimum Gasteiger partial charge on any atom is -0.342 e. The Morgan fingerprint density at radius 1 is 1.59 bits per heavy atom. The number of thioether (sulfide) groups is 1. The van der Waals surface area contributed by atoms with E-state index in [0.29, 0.717) is 5.17 Å². The lowest BCUT2D eigenvalue weighted by Gasteiger charge is -1.99. The van der Waals surface area contributed by atoms with Gasteiger partial charge in [0, 0.05) is 0 Å². The van der Waals surface area contributed by atoms with Gasteiger partial charge in [0.05, 0.1) is 16.7 Å².